The normalized spacial score (nSPS) is 14.0. The van der Waals surface area contributed by atoms with Gasteiger partial charge in [0.2, 0.25) is 5.95 Å². The SMILES string of the molecule is O=S(O)CCc1cccc(Nc2ncnc(-c3cccc4c3OCCC4)n2)c1. The van der Waals surface area contributed by atoms with Gasteiger partial charge in [0.15, 0.2) is 16.9 Å². The predicted octanol–water partition coefficient (Wildman–Crippen LogP) is 3.37. The largest absolute Gasteiger partial charge is 0.493 e. The van der Waals surface area contributed by atoms with E-state index < -0.39 is 11.1 Å². The molecule has 0 bridgehead atoms. The molecule has 3 aromatic rings. The van der Waals surface area contributed by atoms with Gasteiger partial charge < -0.3 is 14.6 Å². The van der Waals surface area contributed by atoms with Crippen molar-refractivity contribution in [1.82, 2.24) is 15.0 Å². The van der Waals surface area contributed by atoms with Gasteiger partial charge in [-0.1, -0.05) is 24.3 Å². The number of aromatic nitrogens is 3. The third-order valence-electron chi connectivity index (χ3n) is 4.49. The highest BCUT2D eigenvalue weighted by Crippen LogP contribution is 2.34. The number of rotatable bonds is 6. The van der Waals surface area contributed by atoms with Gasteiger partial charge in [0.05, 0.1) is 17.9 Å². The number of aryl methyl sites for hydroxylation is 2. The summed E-state index contributed by atoms with van der Waals surface area (Å²) in [5.41, 5.74) is 3.81. The lowest BCUT2D eigenvalue weighted by atomic mass is 10.0. The zero-order chi connectivity index (χ0) is 19.3. The van der Waals surface area contributed by atoms with Crippen LogP contribution in [0.4, 0.5) is 11.6 Å². The van der Waals surface area contributed by atoms with Crippen LogP contribution in [-0.2, 0) is 23.9 Å². The van der Waals surface area contributed by atoms with Crippen molar-refractivity contribution < 1.29 is 13.5 Å². The Balaban J connectivity index is 1.57. The fourth-order valence-electron chi connectivity index (χ4n) is 3.19. The molecule has 144 valence electrons. The van der Waals surface area contributed by atoms with E-state index in [4.69, 9.17) is 9.29 Å². The molecule has 2 aromatic carbocycles. The van der Waals surface area contributed by atoms with Crippen LogP contribution in [0.25, 0.3) is 11.4 Å². The summed E-state index contributed by atoms with van der Waals surface area (Å²) in [6, 6.07) is 13.7. The molecule has 0 amide bonds. The first-order valence-corrected chi connectivity index (χ1v) is 10.3. The minimum Gasteiger partial charge on any atom is -0.493 e. The third kappa shape index (κ3) is 4.35. The Hall–Kier alpha value is -2.84. The lowest BCUT2D eigenvalue weighted by molar-refractivity contribution is 0.289. The zero-order valence-corrected chi connectivity index (χ0v) is 16.0. The molecule has 4 rings (SSSR count). The Kier molecular flexibility index (Phi) is 5.59. The maximum Gasteiger partial charge on any atom is 0.230 e. The average Bonchev–Trinajstić information content (AvgIpc) is 2.72. The second-order valence-corrected chi connectivity index (χ2v) is 7.53. The smallest absolute Gasteiger partial charge is 0.230 e. The number of fused-ring (bicyclic) bond motifs is 1. The van der Waals surface area contributed by atoms with Crippen LogP contribution in [0.5, 0.6) is 5.75 Å². The van der Waals surface area contributed by atoms with Gasteiger partial charge in [-0.3, -0.25) is 0 Å². The first-order chi connectivity index (χ1) is 13.7. The number of ether oxygens (including phenoxy) is 1. The fraction of sp³-hybridized carbons (Fsp3) is 0.250. The summed E-state index contributed by atoms with van der Waals surface area (Å²) in [5, 5.41) is 3.18. The van der Waals surface area contributed by atoms with Gasteiger partial charge in [-0.15, -0.1) is 0 Å². The van der Waals surface area contributed by atoms with Gasteiger partial charge in [-0.05, 0) is 48.6 Å². The average molecular weight is 396 g/mol. The molecule has 1 atom stereocenters. The topological polar surface area (TPSA) is 97.2 Å². The van der Waals surface area contributed by atoms with Crippen LogP contribution >= 0.6 is 0 Å². The Morgan fingerprint density at radius 2 is 2.07 bits per heavy atom. The number of hydrogen-bond acceptors (Lipinski definition) is 6. The molecular weight excluding hydrogens is 376 g/mol. The maximum atomic E-state index is 10.9. The molecule has 1 aliphatic heterocycles. The van der Waals surface area contributed by atoms with Crippen molar-refractivity contribution in [2.75, 3.05) is 17.7 Å². The van der Waals surface area contributed by atoms with E-state index in [2.05, 4.69) is 26.3 Å². The van der Waals surface area contributed by atoms with E-state index in [9.17, 15) is 4.21 Å². The van der Waals surface area contributed by atoms with Crippen molar-refractivity contribution >= 4 is 22.7 Å². The quantitative estimate of drug-likeness (QED) is 0.617. The fourth-order valence-corrected chi connectivity index (χ4v) is 3.60. The van der Waals surface area contributed by atoms with Gasteiger partial charge in [0.1, 0.15) is 12.1 Å². The van der Waals surface area contributed by atoms with Crippen molar-refractivity contribution in [3.8, 4) is 17.1 Å². The molecule has 0 saturated heterocycles. The van der Waals surface area contributed by atoms with E-state index in [0.717, 1.165) is 35.4 Å². The summed E-state index contributed by atoms with van der Waals surface area (Å²) in [5.74, 6) is 2.05. The second kappa shape index (κ2) is 8.45. The summed E-state index contributed by atoms with van der Waals surface area (Å²) in [6.07, 6.45) is 4.01. The molecule has 28 heavy (non-hydrogen) atoms. The van der Waals surface area contributed by atoms with Gasteiger partial charge in [-0.25, -0.2) is 14.2 Å². The number of anilines is 2. The highest BCUT2D eigenvalue weighted by atomic mass is 32.2. The summed E-state index contributed by atoms with van der Waals surface area (Å²) in [4.78, 5) is 13.1. The molecule has 2 N–H and O–H groups in total. The zero-order valence-electron chi connectivity index (χ0n) is 15.2. The number of benzene rings is 2. The highest BCUT2D eigenvalue weighted by Gasteiger charge is 2.17. The van der Waals surface area contributed by atoms with Gasteiger partial charge >= 0.3 is 0 Å². The van der Waals surface area contributed by atoms with Crippen LogP contribution in [0.3, 0.4) is 0 Å². The van der Waals surface area contributed by atoms with E-state index in [0.29, 0.717) is 24.8 Å². The van der Waals surface area contributed by atoms with Gasteiger partial charge in [0, 0.05) is 5.69 Å². The van der Waals surface area contributed by atoms with Gasteiger partial charge in [0.25, 0.3) is 0 Å². The van der Waals surface area contributed by atoms with E-state index in [1.165, 1.54) is 11.9 Å². The predicted molar refractivity (Wildman–Crippen MR) is 108 cm³/mol. The molecule has 1 aliphatic rings. The molecule has 0 fully saturated rings. The molecular formula is C20H20N4O3S. The Morgan fingerprint density at radius 1 is 1.18 bits per heavy atom. The molecule has 1 aromatic heterocycles. The Morgan fingerprint density at radius 3 is 2.96 bits per heavy atom. The summed E-state index contributed by atoms with van der Waals surface area (Å²) >= 11 is -1.80. The summed E-state index contributed by atoms with van der Waals surface area (Å²) in [7, 11) is 0. The van der Waals surface area contributed by atoms with E-state index in [1.807, 2.05) is 36.4 Å². The highest BCUT2D eigenvalue weighted by molar-refractivity contribution is 7.79. The minimum atomic E-state index is -1.80. The molecule has 0 radical (unpaired) electrons. The number of para-hydroxylation sites is 1. The molecule has 8 heteroatoms. The van der Waals surface area contributed by atoms with Crippen molar-refractivity contribution in [2.24, 2.45) is 0 Å². The summed E-state index contributed by atoms with van der Waals surface area (Å²) < 4.78 is 25.7. The van der Waals surface area contributed by atoms with Crippen molar-refractivity contribution in [1.29, 1.82) is 0 Å². The number of nitrogens with zero attached hydrogens (tertiary/aromatic N) is 3. The molecule has 7 nitrogen and oxygen atoms in total. The van der Waals surface area contributed by atoms with Crippen LogP contribution in [0.1, 0.15) is 17.5 Å². The Bertz CT molecular complexity index is 1010. The molecule has 1 unspecified atom stereocenters. The lowest BCUT2D eigenvalue weighted by Crippen LogP contribution is -2.10. The molecule has 0 spiro atoms. The van der Waals surface area contributed by atoms with E-state index in [1.54, 1.807) is 0 Å². The third-order valence-corrected chi connectivity index (χ3v) is 5.05. The number of nitrogens with one attached hydrogen (secondary N) is 1. The van der Waals surface area contributed by atoms with Crippen LogP contribution in [0.15, 0.2) is 48.8 Å². The number of hydrogen-bond donors (Lipinski definition) is 2. The monoisotopic (exact) mass is 396 g/mol. The molecule has 0 saturated carbocycles. The Labute approximate surface area is 165 Å². The summed E-state index contributed by atoms with van der Waals surface area (Å²) in [6.45, 7) is 0.700. The molecule has 0 aliphatic carbocycles. The lowest BCUT2D eigenvalue weighted by Gasteiger charge is -2.19. The van der Waals surface area contributed by atoms with Gasteiger partial charge in [-0.2, -0.15) is 4.98 Å². The maximum absolute atomic E-state index is 10.9. The minimum absolute atomic E-state index is 0.207. The van der Waals surface area contributed by atoms with Crippen LogP contribution in [0.2, 0.25) is 0 Å². The first kappa shape index (κ1) is 18.5. The van der Waals surface area contributed by atoms with Crippen LogP contribution in [-0.4, -0.2) is 36.1 Å². The van der Waals surface area contributed by atoms with Crippen molar-refractivity contribution in [3.05, 3.63) is 59.9 Å². The van der Waals surface area contributed by atoms with E-state index in [-0.39, 0.29) is 5.75 Å². The first-order valence-electron chi connectivity index (χ1n) is 9.06. The van der Waals surface area contributed by atoms with Crippen molar-refractivity contribution in [3.63, 3.8) is 0 Å². The van der Waals surface area contributed by atoms with Crippen LogP contribution < -0.4 is 10.1 Å². The van der Waals surface area contributed by atoms with Crippen molar-refractivity contribution in [2.45, 2.75) is 19.3 Å². The van der Waals surface area contributed by atoms with Crippen LogP contribution in [0, 0.1) is 0 Å². The second-order valence-electron chi connectivity index (χ2n) is 6.48. The standard InChI is InChI=1S/C20H20N4O3S/c25-28(26)11-9-14-4-1-7-16(12-14)23-20-22-13-21-19(24-20)17-8-2-5-15-6-3-10-27-18(15)17/h1-2,4-5,7-8,12-13H,3,6,9-11H2,(H,25,26)(H,21,22,23,24). The van der Waals surface area contributed by atoms with E-state index >= 15 is 0 Å². The molecule has 2 heterocycles.